The van der Waals surface area contributed by atoms with E-state index < -0.39 is 61.4 Å². The van der Waals surface area contributed by atoms with Gasteiger partial charge in [0.2, 0.25) is 0 Å². The third-order valence-corrected chi connectivity index (χ3v) is 26.0. The second-order valence-electron chi connectivity index (χ2n) is 22.7. The number of hydrogen-bond donors (Lipinski definition) is 0. The average Bonchev–Trinajstić information content (AvgIpc) is 0.828. The summed E-state index contributed by atoms with van der Waals surface area (Å²) in [6.45, 7) is 4.90. The maximum atomic E-state index is 12.6. The van der Waals surface area contributed by atoms with Gasteiger partial charge in [-0.1, -0.05) is 333 Å². The fourth-order valence-electron chi connectivity index (χ4n) is 8.42. The van der Waals surface area contributed by atoms with E-state index in [2.05, 4.69) is 109 Å². The van der Waals surface area contributed by atoms with Crippen LogP contribution in [0.1, 0.15) is 77.1 Å². The third-order valence-electron chi connectivity index (χ3n) is 13.6. The van der Waals surface area contributed by atoms with Gasteiger partial charge >= 0.3 is 29.6 Å². The molecule has 0 aliphatic rings. The van der Waals surface area contributed by atoms with Crippen molar-refractivity contribution >= 4 is 136 Å². The van der Waals surface area contributed by atoms with Gasteiger partial charge in [-0.2, -0.15) is 71.9 Å². The van der Waals surface area contributed by atoms with Gasteiger partial charge in [-0.3, -0.25) is 0 Å². The molecular weight excluding hydrogens is 1790 g/mol. The van der Waals surface area contributed by atoms with Gasteiger partial charge < -0.3 is 30.4 Å². The van der Waals surface area contributed by atoms with Crippen LogP contribution >= 0.6 is 71.3 Å². The fourth-order valence-corrected chi connectivity index (χ4v) is 20.1. The van der Waals surface area contributed by atoms with Crippen molar-refractivity contribution in [3.63, 3.8) is 0 Å². The Balaban J connectivity index is -0.00000129. The molecule has 0 saturated carbocycles. The Bertz CT molecular complexity index is 4420. The largest absolute Gasteiger partial charge is 1.00 e. The summed E-state index contributed by atoms with van der Waals surface area (Å²) >= 11 is 22.8. The van der Waals surface area contributed by atoms with Crippen molar-refractivity contribution in [3.05, 3.63) is 336 Å². The van der Waals surface area contributed by atoms with Crippen LogP contribution in [0, 0.1) is 79.3 Å². The molecule has 0 aliphatic carbocycles. The van der Waals surface area contributed by atoms with Gasteiger partial charge in [-0.05, 0) is 33.4 Å². The van der Waals surface area contributed by atoms with Crippen molar-refractivity contribution in [2.45, 2.75) is 94.4 Å². The Morgan fingerprint density at radius 3 is 0.868 bits per heavy atom. The maximum absolute atomic E-state index is 12.6. The zero-order chi connectivity index (χ0) is 84.4. The van der Waals surface area contributed by atoms with Crippen LogP contribution in [0.25, 0.3) is 0 Å². The summed E-state index contributed by atoms with van der Waals surface area (Å²) in [5, 5.41) is 67.3. The Labute approximate surface area is 746 Å². The maximum Gasteiger partial charge on any atom is 1.00 e. The Morgan fingerprint density at radius 1 is 0.404 bits per heavy atom. The second kappa shape index (κ2) is 74.6. The monoisotopic (exact) mass is 1880 g/mol. The van der Waals surface area contributed by atoms with Crippen molar-refractivity contribution in [2.75, 3.05) is 39.9 Å². The molecule has 114 heavy (non-hydrogen) atoms. The predicted octanol–water partition coefficient (Wildman–Crippen LogP) is 15.4. The number of nitrogens with zero attached hydrogens (tertiary/aromatic N) is 7. The molecular formula is C86H93Br3N7NaO9S8-2. The molecule has 0 aliphatic heterocycles. The Kier molecular flexibility index (Phi) is 72.5. The summed E-state index contributed by atoms with van der Waals surface area (Å²) in [5.41, 5.74) is 7.48. The quantitative estimate of drug-likeness (QED) is 0.0133. The van der Waals surface area contributed by atoms with E-state index in [1.54, 1.807) is 165 Å². The van der Waals surface area contributed by atoms with Gasteiger partial charge in [-0.25, -0.2) is 33.7 Å². The number of alkyl halides is 3. The number of rotatable bonds is 30. The van der Waals surface area contributed by atoms with Crippen LogP contribution in [0.2, 0.25) is 0 Å². The molecule has 0 aromatic heterocycles. The molecule has 28 heteroatoms. The molecule has 0 heterocycles. The van der Waals surface area contributed by atoms with Crippen molar-refractivity contribution < 1.29 is 68.3 Å². The number of hydrogen-bond acceptors (Lipinski definition) is 20. The van der Waals surface area contributed by atoms with Crippen molar-refractivity contribution in [1.82, 2.24) is 0 Å². The summed E-state index contributed by atoms with van der Waals surface area (Å²) in [4.78, 5) is 0. The van der Waals surface area contributed by atoms with E-state index in [1.807, 2.05) is 121 Å². The minimum absolute atomic E-state index is 0. The van der Waals surface area contributed by atoms with E-state index in [0.29, 0.717) is 40.3 Å². The number of sulfone groups is 4. The summed E-state index contributed by atoms with van der Waals surface area (Å²) in [6.07, 6.45) is 11.5. The van der Waals surface area contributed by atoms with Crippen LogP contribution in [0.5, 0.6) is 0 Å². The van der Waals surface area contributed by atoms with Gasteiger partial charge in [-0.15, -0.1) is 13.2 Å². The Morgan fingerprint density at radius 2 is 0.658 bits per heavy atom. The van der Waals surface area contributed by atoms with Crippen molar-refractivity contribution in [1.29, 1.82) is 36.8 Å². The number of benzene rings is 8. The molecule has 1 unspecified atom stereocenters. The molecule has 0 fully saturated rings. The molecule has 8 aromatic rings. The van der Waals surface area contributed by atoms with Crippen LogP contribution in [0.3, 0.4) is 0 Å². The van der Waals surface area contributed by atoms with E-state index in [4.69, 9.17) is 67.2 Å². The predicted molar refractivity (Wildman–Crippen MR) is 480 cm³/mol. The third kappa shape index (κ3) is 63.0. The fraction of sp³-hybridized carbons (Fsp3) is 0.267. The molecule has 8 rings (SSSR count). The van der Waals surface area contributed by atoms with Crippen molar-refractivity contribution in [3.8, 4) is 42.5 Å². The Hall–Kier alpha value is -7.25. The molecule has 0 spiro atoms. The molecule has 16 nitrogen and oxygen atoms in total. The first-order chi connectivity index (χ1) is 54.5. The molecule has 3 atom stereocenters. The van der Waals surface area contributed by atoms with Gasteiger partial charge in [0, 0.05) is 63.1 Å². The number of allylic oxidation sites excluding steroid dienone is 7. The van der Waals surface area contributed by atoms with Crippen LogP contribution < -0.4 is 34.7 Å². The van der Waals surface area contributed by atoms with Gasteiger partial charge in [0.05, 0.1) is 107 Å². The van der Waals surface area contributed by atoms with Gasteiger partial charge in [0.25, 0.3) is 0 Å². The number of halogens is 3. The SMILES string of the molecule is C=CCC#N.CC[O-].N#C/C=C/CBr.N#C/C=C/CBr.N#C/C=C\CBr.N#CCC(CSCc1ccccc1)SCc1ccccc1.N#CC[C@@H](CS(=O)(=O)Cc1ccccc1)S(=O)(=O)Cc1ccccc1.N#CC[C@H](CS(=O)(=O)Cc1ccccc1)S(=O)(=O)Cc1ccccc1.[Na+].[S-]Cc1ccccc1.[S-]Cc1ccccc1. The topological polar surface area (TPSA) is 326 Å². The van der Waals surface area contributed by atoms with Crippen LogP contribution in [-0.4, -0.2) is 89.3 Å². The summed E-state index contributed by atoms with van der Waals surface area (Å²) < 4.78 is 100. The summed E-state index contributed by atoms with van der Waals surface area (Å²) in [7, 11) is -14.9. The van der Waals surface area contributed by atoms with E-state index >= 15 is 0 Å². The minimum Gasteiger partial charge on any atom is -0.855 e. The molecule has 0 amide bonds. The van der Waals surface area contributed by atoms with Crippen LogP contribution in [0.15, 0.2) is 292 Å². The zero-order valence-corrected chi connectivity index (χ0v) is 77.0. The normalized spacial score (nSPS) is 10.9. The molecule has 0 radical (unpaired) electrons. The number of nitriles is 7. The summed E-state index contributed by atoms with van der Waals surface area (Å²) in [6, 6.07) is 88.8. The molecule has 0 bridgehead atoms. The van der Waals surface area contributed by atoms with Crippen molar-refractivity contribution in [2.24, 2.45) is 0 Å². The zero-order valence-electron chi connectivity index (χ0n) is 63.7. The van der Waals surface area contributed by atoms with E-state index in [0.717, 1.165) is 44.8 Å². The van der Waals surface area contributed by atoms with E-state index in [1.165, 1.54) is 40.5 Å². The first-order valence-electron chi connectivity index (χ1n) is 34.5. The summed E-state index contributed by atoms with van der Waals surface area (Å²) in [5.74, 6) is 2.35. The molecule has 0 N–H and O–H groups in total. The van der Waals surface area contributed by atoms with E-state index in [-0.39, 0.29) is 72.0 Å². The smallest absolute Gasteiger partial charge is 0.855 e. The standard InChI is InChI=1S/2C18H19NO4S2.C18H19NS2.2C7H8S.3C4H4BrN.C4H5N.C2H5O.Na/c2*19-12-11-18(25(22,23)14-17-9-5-2-6-10-17)15-24(20,21)13-16-7-3-1-4-8-16;19-12-11-18(21-14-17-9-5-2-6-10-17)15-20-13-16-7-3-1-4-8-16;2*8-6-7-4-2-1-3-5-7;3*5-3-1-2-4-6;1-2-3-4-5;1-2-3;/h2*1-10,18H,11,13-15H2;1-10,18H,11,13-15H2;2*1-5,8H,6H2;3*1-2H,3H2;2H,1,3H2;2H2,1H3;/q;;;;;;;;;-1;+1/p-2/b;;;;;2*2-1+;2-1-;;;/t2*18-;;;;;;;;;/m10........./s1. The van der Waals surface area contributed by atoms with Gasteiger partial charge in [0.15, 0.2) is 39.3 Å². The first-order valence-corrected chi connectivity index (χ1v) is 48.3. The van der Waals surface area contributed by atoms with E-state index in [9.17, 15) is 33.7 Å². The minimum atomic E-state index is -3.76. The van der Waals surface area contributed by atoms with Crippen LogP contribution in [-0.2, 0) is 111 Å². The second-order valence-corrected chi connectivity index (χ2v) is 36.3. The van der Waals surface area contributed by atoms with Gasteiger partial charge in [0.1, 0.15) is 0 Å². The van der Waals surface area contributed by atoms with Crippen LogP contribution in [0.4, 0.5) is 0 Å². The number of thioether (sulfide) groups is 2. The average molecular weight is 1890 g/mol. The first kappa shape index (κ1) is 111. The molecule has 598 valence electrons. The molecule has 0 saturated heterocycles. The molecule has 8 aromatic carbocycles.